The second kappa shape index (κ2) is 7.37. The Morgan fingerprint density at radius 1 is 1.14 bits per heavy atom. The SMILES string of the molecule is Fc1ccc(CCNC(=S)Nc2nccnc2Cl)c(F)c1F. The van der Waals surface area contributed by atoms with E-state index >= 15 is 0 Å². The summed E-state index contributed by atoms with van der Waals surface area (Å²) >= 11 is 10.8. The van der Waals surface area contributed by atoms with Crippen LogP contribution in [0, 0.1) is 17.5 Å². The molecule has 0 unspecified atom stereocenters. The molecule has 0 spiro atoms. The number of nitrogens with one attached hydrogen (secondary N) is 2. The molecule has 9 heteroatoms. The van der Waals surface area contributed by atoms with Gasteiger partial charge in [0, 0.05) is 18.9 Å². The van der Waals surface area contributed by atoms with Gasteiger partial charge in [-0.05, 0) is 30.3 Å². The minimum absolute atomic E-state index is 0.0479. The van der Waals surface area contributed by atoms with Gasteiger partial charge in [0.2, 0.25) is 0 Å². The van der Waals surface area contributed by atoms with Crippen LogP contribution in [0.15, 0.2) is 24.5 Å². The van der Waals surface area contributed by atoms with Crippen molar-refractivity contribution in [2.24, 2.45) is 0 Å². The summed E-state index contributed by atoms with van der Waals surface area (Å²) in [5, 5.41) is 5.85. The number of anilines is 1. The third kappa shape index (κ3) is 4.05. The lowest BCUT2D eigenvalue weighted by molar-refractivity contribution is 0.441. The van der Waals surface area contributed by atoms with Crippen molar-refractivity contribution in [2.45, 2.75) is 6.42 Å². The maximum absolute atomic E-state index is 13.5. The Kier molecular flexibility index (Phi) is 5.51. The average molecular weight is 347 g/mol. The highest BCUT2D eigenvalue weighted by Crippen LogP contribution is 2.16. The summed E-state index contributed by atoms with van der Waals surface area (Å²) in [7, 11) is 0. The summed E-state index contributed by atoms with van der Waals surface area (Å²) in [4.78, 5) is 7.75. The lowest BCUT2D eigenvalue weighted by Gasteiger charge is -2.10. The Bertz CT molecular complexity index is 699. The second-order valence-electron chi connectivity index (χ2n) is 4.16. The monoisotopic (exact) mass is 346 g/mol. The van der Waals surface area contributed by atoms with E-state index in [4.69, 9.17) is 23.8 Å². The molecule has 0 aliphatic carbocycles. The van der Waals surface area contributed by atoms with Gasteiger partial charge in [-0.2, -0.15) is 0 Å². The third-order valence-electron chi connectivity index (χ3n) is 2.68. The highest BCUT2D eigenvalue weighted by molar-refractivity contribution is 7.80. The number of rotatable bonds is 4. The summed E-state index contributed by atoms with van der Waals surface area (Å²) in [6.07, 6.45) is 2.99. The zero-order valence-corrected chi connectivity index (χ0v) is 12.6. The predicted molar refractivity (Wildman–Crippen MR) is 81.3 cm³/mol. The van der Waals surface area contributed by atoms with E-state index in [1.54, 1.807) is 0 Å². The van der Waals surface area contributed by atoms with Crippen LogP contribution in [-0.2, 0) is 6.42 Å². The Morgan fingerprint density at radius 3 is 2.59 bits per heavy atom. The Balaban J connectivity index is 1.88. The van der Waals surface area contributed by atoms with Crippen molar-refractivity contribution in [3.8, 4) is 0 Å². The minimum Gasteiger partial charge on any atom is -0.362 e. The van der Waals surface area contributed by atoms with Crippen molar-refractivity contribution in [1.29, 1.82) is 0 Å². The first kappa shape index (κ1) is 16.4. The minimum atomic E-state index is -1.48. The van der Waals surface area contributed by atoms with Gasteiger partial charge >= 0.3 is 0 Å². The van der Waals surface area contributed by atoms with E-state index in [0.717, 1.165) is 6.07 Å². The van der Waals surface area contributed by atoms with E-state index in [2.05, 4.69) is 20.6 Å². The molecule has 2 rings (SSSR count). The molecule has 0 aliphatic heterocycles. The van der Waals surface area contributed by atoms with Crippen LogP contribution in [-0.4, -0.2) is 21.6 Å². The van der Waals surface area contributed by atoms with Gasteiger partial charge in [0.1, 0.15) is 0 Å². The normalized spacial score (nSPS) is 10.4. The van der Waals surface area contributed by atoms with Crippen LogP contribution in [0.1, 0.15) is 5.56 Å². The fourth-order valence-corrected chi connectivity index (χ4v) is 1.98. The number of hydrogen-bond donors (Lipinski definition) is 2. The van der Waals surface area contributed by atoms with Gasteiger partial charge in [0.25, 0.3) is 0 Å². The van der Waals surface area contributed by atoms with Gasteiger partial charge in [0.15, 0.2) is 33.5 Å². The van der Waals surface area contributed by atoms with Crippen LogP contribution in [0.4, 0.5) is 19.0 Å². The zero-order chi connectivity index (χ0) is 16.1. The maximum Gasteiger partial charge on any atom is 0.194 e. The molecule has 2 aromatic rings. The number of aromatic nitrogens is 2. The topological polar surface area (TPSA) is 49.8 Å². The third-order valence-corrected chi connectivity index (χ3v) is 3.20. The van der Waals surface area contributed by atoms with Gasteiger partial charge in [0.05, 0.1) is 0 Å². The van der Waals surface area contributed by atoms with Gasteiger partial charge in [-0.3, -0.25) is 0 Å². The lowest BCUT2D eigenvalue weighted by atomic mass is 10.1. The van der Waals surface area contributed by atoms with Crippen LogP contribution in [0.5, 0.6) is 0 Å². The van der Waals surface area contributed by atoms with Crippen molar-refractivity contribution < 1.29 is 13.2 Å². The molecular formula is C13H10ClF3N4S. The molecule has 1 aromatic carbocycles. The van der Waals surface area contributed by atoms with Crippen molar-refractivity contribution in [3.63, 3.8) is 0 Å². The molecule has 0 atom stereocenters. The highest BCUT2D eigenvalue weighted by atomic mass is 35.5. The van der Waals surface area contributed by atoms with Crippen LogP contribution in [0.25, 0.3) is 0 Å². The first-order valence-electron chi connectivity index (χ1n) is 6.12. The summed E-state index contributed by atoms with van der Waals surface area (Å²) in [6.45, 7) is 0.214. The first-order chi connectivity index (χ1) is 10.5. The van der Waals surface area contributed by atoms with Crippen LogP contribution in [0.3, 0.4) is 0 Å². The number of benzene rings is 1. The van der Waals surface area contributed by atoms with E-state index in [1.807, 2.05) is 0 Å². The van der Waals surface area contributed by atoms with E-state index < -0.39 is 17.5 Å². The molecule has 0 bridgehead atoms. The lowest BCUT2D eigenvalue weighted by Crippen LogP contribution is -2.30. The van der Waals surface area contributed by atoms with Crippen LogP contribution in [0.2, 0.25) is 5.15 Å². The highest BCUT2D eigenvalue weighted by Gasteiger charge is 2.13. The maximum atomic E-state index is 13.5. The number of hydrogen-bond acceptors (Lipinski definition) is 3. The largest absolute Gasteiger partial charge is 0.362 e. The molecule has 1 aromatic heterocycles. The summed E-state index contributed by atoms with van der Waals surface area (Å²) in [5.41, 5.74) is 0.0479. The Morgan fingerprint density at radius 2 is 1.86 bits per heavy atom. The molecule has 116 valence electrons. The molecule has 0 radical (unpaired) electrons. The van der Waals surface area contributed by atoms with Crippen molar-refractivity contribution in [2.75, 3.05) is 11.9 Å². The van der Waals surface area contributed by atoms with Gasteiger partial charge in [-0.25, -0.2) is 23.1 Å². The predicted octanol–water partition coefficient (Wildman–Crippen LogP) is 3.08. The van der Waals surface area contributed by atoms with Gasteiger partial charge < -0.3 is 10.6 Å². The smallest absolute Gasteiger partial charge is 0.194 e. The number of thiocarbonyl (C=S) groups is 1. The Labute approximate surface area is 134 Å². The molecule has 4 nitrogen and oxygen atoms in total. The molecule has 0 saturated carbocycles. The second-order valence-corrected chi connectivity index (χ2v) is 4.93. The average Bonchev–Trinajstić information content (AvgIpc) is 2.50. The first-order valence-corrected chi connectivity index (χ1v) is 6.91. The van der Waals surface area contributed by atoms with Crippen molar-refractivity contribution >= 4 is 34.7 Å². The number of halogens is 4. The molecule has 1 heterocycles. The molecule has 0 amide bonds. The number of nitrogens with zero attached hydrogens (tertiary/aromatic N) is 2. The molecule has 22 heavy (non-hydrogen) atoms. The summed E-state index contributed by atoms with van der Waals surface area (Å²) in [6, 6.07) is 2.06. The fraction of sp³-hybridized carbons (Fsp3) is 0.154. The quantitative estimate of drug-likeness (QED) is 0.658. The van der Waals surface area contributed by atoms with E-state index in [9.17, 15) is 13.2 Å². The van der Waals surface area contributed by atoms with Crippen LogP contribution < -0.4 is 10.6 Å². The molecule has 0 aliphatic rings. The van der Waals surface area contributed by atoms with E-state index in [1.165, 1.54) is 18.5 Å². The van der Waals surface area contributed by atoms with Crippen LogP contribution >= 0.6 is 23.8 Å². The van der Waals surface area contributed by atoms with Gasteiger partial charge in [-0.1, -0.05) is 17.7 Å². The zero-order valence-electron chi connectivity index (χ0n) is 11.0. The molecule has 0 saturated heterocycles. The summed E-state index contributed by atoms with van der Waals surface area (Å²) in [5.74, 6) is -3.62. The van der Waals surface area contributed by atoms with Crippen molar-refractivity contribution in [1.82, 2.24) is 15.3 Å². The molecule has 0 fully saturated rings. The van der Waals surface area contributed by atoms with Crippen molar-refractivity contribution in [3.05, 3.63) is 52.7 Å². The van der Waals surface area contributed by atoms with E-state index in [-0.39, 0.29) is 34.6 Å². The molecule has 2 N–H and O–H groups in total. The molecular weight excluding hydrogens is 337 g/mol. The van der Waals surface area contributed by atoms with E-state index in [0.29, 0.717) is 0 Å². The van der Waals surface area contributed by atoms with Gasteiger partial charge in [-0.15, -0.1) is 0 Å². The summed E-state index contributed by atoms with van der Waals surface area (Å²) < 4.78 is 39.3. The standard InChI is InChI=1S/C13H10ClF3N4S/c14-11-12(19-6-5-18-11)21-13(22)20-4-3-7-1-2-8(15)10(17)9(7)16/h1-2,5-6H,3-4H2,(H2,19,20,21,22). The fourth-order valence-electron chi connectivity index (χ4n) is 1.63. The Hall–Kier alpha value is -1.93.